The van der Waals surface area contributed by atoms with E-state index < -0.39 is 24.0 Å². The number of hydrogen-bond acceptors (Lipinski definition) is 4. The third kappa shape index (κ3) is 5.59. The SMILES string of the molecule is CC(NC(=O)c1ccc2c(c1)NC(=O)CC(c1ccccc1)N2C(=O)c1ccc(C(C)(C)C)cc1)C(=O)O. The average molecular weight is 514 g/mol. The van der Waals surface area contributed by atoms with Crippen molar-refractivity contribution >= 4 is 35.1 Å². The van der Waals surface area contributed by atoms with Gasteiger partial charge in [-0.15, -0.1) is 0 Å². The molecule has 8 heteroatoms. The Hall–Kier alpha value is -4.46. The van der Waals surface area contributed by atoms with Gasteiger partial charge in [0.2, 0.25) is 5.91 Å². The molecule has 3 amide bonds. The number of carboxylic acid groups (broad SMARTS) is 1. The molecule has 2 unspecified atom stereocenters. The van der Waals surface area contributed by atoms with Crippen LogP contribution in [0.25, 0.3) is 0 Å². The lowest BCUT2D eigenvalue weighted by molar-refractivity contribution is -0.138. The lowest BCUT2D eigenvalue weighted by atomic mass is 9.86. The highest BCUT2D eigenvalue weighted by molar-refractivity contribution is 6.12. The molecule has 4 rings (SSSR count). The first-order valence-corrected chi connectivity index (χ1v) is 12.4. The van der Waals surface area contributed by atoms with Crippen molar-refractivity contribution in [2.24, 2.45) is 0 Å². The second kappa shape index (κ2) is 10.5. The van der Waals surface area contributed by atoms with Crippen LogP contribution in [0.4, 0.5) is 11.4 Å². The van der Waals surface area contributed by atoms with Crippen LogP contribution >= 0.6 is 0 Å². The van der Waals surface area contributed by atoms with Crippen molar-refractivity contribution in [3.63, 3.8) is 0 Å². The zero-order valence-corrected chi connectivity index (χ0v) is 21.8. The Bertz CT molecular complexity index is 1380. The van der Waals surface area contributed by atoms with Gasteiger partial charge in [0.25, 0.3) is 11.8 Å². The summed E-state index contributed by atoms with van der Waals surface area (Å²) in [7, 11) is 0. The molecule has 0 saturated carbocycles. The number of rotatable bonds is 5. The summed E-state index contributed by atoms with van der Waals surface area (Å²) >= 11 is 0. The highest BCUT2D eigenvalue weighted by Crippen LogP contribution is 2.40. The highest BCUT2D eigenvalue weighted by Gasteiger charge is 2.34. The second-order valence-corrected chi connectivity index (χ2v) is 10.4. The first kappa shape index (κ1) is 26.6. The van der Waals surface area contributed by atoms with Crippen molar-refractivity contribution < 1.29 is 24.3 Å². The maximum atomic E-state index is 14.0. The quantitative estimate of drug-likeness (QED) is 0.448. The second-order valence-electron chi connectivity index (χ2n) is 10.4. The van der Waals surface area contributed by atoms with Crippen molar-refractivity contribution in [3.8, 4) is 0 Å². The number of benzene rings is 3. The minimum Gasteiger partial charge on any atom is -0.480 e. The summed E-state index contributed by atoms with van der Waals surface area (Å²) in [6.07, 6.45) is 0.0160. The predicted molar refractivity (Wildman–Crippen MR) is 145 cm³/mol. The van der Waals surface area contributed by atoms with E-state index in [1.54, 1.807) is 23.1 Å². The van der Waals surface area contributed by atoms with Crippen LogP contribution in [-0.2, 0) is 15.0 Å². The summed E-state index contributed by atoms with van der Waals surface area (Å²) in [6, 6.07) is 19.7. The normalized spacial score (nSPS) is 16.1. The average Bonchev–Trinajstić information content (AvgIpc) is 3.03. The Balaban J connectivity index is 1.80. The number of amides is 3. The number of carboxylic acids is 1. The van der Waals surface area contributed by atoms with E-state index in [1.807, 2.05) is 42.5 Å². The van der Waals surface area contributed by atoms with Crippen LogP contribution in [-0.4, -0.2) is 34.8 Å². The summed E-state index contributed by atoms with van der Waals surface area (Å²) in [4.78, 5) is 52.5. The fourth-order valence-electron chi connectivity index (χ4n) is 4.41. The minimum absolute atomic E-state index is 0.0160. The molecule has 0 spiro atoms. The molecule has 8 nitrogen and oxygen atoms in total. The molecule has 0 radical (unpaired) electrons. The molecule has 0 bridgehead atoms. The van der Waals surface area contributed by atoms with Crippen LogP contribution in [0.3, 0.4) is 0 Å². The number of nitrogens with zero attached hydrogens (tertiary/aromatic N) is 1. The van der Waals surface area contributed by atoms with Gasteiger partial charge >= 0.3 is 5.97 Å². The van der Waals surface area contributed by atoms with Crippen LogP contribution < -0.4 is 15.5 Å². The number of hydrogen-bond donors (Lipinski definition) is 3. The molecule has 0 fully saturated rings. The van der Waals surface area contributed by atoms with Crippen LogP contribution in [0.1, 0.15) is 72.0 Å². The van der Waals surface area contributed by atoms with E-state index >= 15 is 0 Å². The van der Waals surface area contributed by atoms with E-state index in [1.165, 1.54) is 19.1 Å². The molecule has 0 aromatic heterocycles. The first-order chi connectivity index (χ1) is 18.0. The molecule has 196 valence electrons. The van der Waals surface area contributed by atoms with E-state index in [-0.39, 0.29) is 29.2 Å². The molecule has 3 aromatic rings. The van der Waals surface area contributed by atoms with Gasteiger partial charge in [0, 0.05) is 11.1 Å². The Morgan fingerprint density at radius 1 is 0.974 bits per heavy atom. The van der Waals surface area contributed by atoms with Gasteiger partial charge in [-0.1, -0.05) is 63.2 Å². The molecular formula is C30H31N3O5. The molecule has 0 aliphatic carbocycles. The van der Waals surface area contributed by atoms with E-state index in [2.05, 4.69) is 31.4 Å². The molecule has 38 heavy (non-hydrogen) atoms. The third-order valence-electron chi connectivity index (χ3n) is 6.60. The zero-order valence-electron chi connectivity index (χ0n) is 21.8. The maximum Gasteiger partial charge on any atom is 0.325 e. The molecular weight excluding hydrogens is 482 g/mol. The number of aliphatic carboxylic acids is 1. The molecule has 1 aliphatic rings. The van der Waals surface area contributed by atoms with Gasteiger partial charge in [-0.3, -0.25) is 24.1 Å². The fraction of sp³-hybridized carbons (Fsp3) is 0.267. The van der Waals surface area contributed by atoms with Crippen molar-refractivity contribution in [3.05, 3.63) is 95.1 Å². The van der Waals surface area contributed by atoms with E-state index in [9.17, 15) is 19.2 Å². The van der Waals surface area contributed by atoms with Crippen molar-refractivity contribution in [2.45, 2.75) is 51.6 Å². The third-order valence-corrected chi connectivity index (χ3v) is 6.60. The van der Waals surface area contributed by atoms with Crippen LogP contribution in [0.2, 0.25) is 0 Å². The molecule has 0 saturated heterocycles. The lowest BCUT2D eigenvalue weighted by Crippen LogP contribution is -2.38. The Kier molecular flexibility index (Phi) is 7.35. The lowest BCUT2D eigenvalue weighted by Gasteiger charge is -2.31. The van der Waals surface area contributed by atoms with Crippen LogP contribution in [0, 0.1) is 0 Å². The van der Waals surface area contributed by atoms with Crippen LogP contribution in [0.5, 0.6) is 0 Å². The molecule has 1 aliphatic heterocycles. The number of carbonyl (C=O) groups excluding carboxylic acids is 3. The van der Waals surface area contributed by atoms with Crippen LogP contribution in [0.15, 0.2) is 72.8 Å². The Morgan fingerprint density at radius 3 is 2.21 bits per heavy atom. The van der Waals surface area contributed by atoms with Crippen molar-refractivity contribution in [1.82, 2.24) is 5.32 Å². The van der Waals surface area contributed by atoms with Gasteiger partial charge in [0.15, 0.2) is 0 Å². The van der Waals surface area contributed by atoms with Gasteiger partial charge < -0.3 is 15.7 Å². The van der Waals surface area contributed by atoms with E-state index in [4.69, 9.17) is 5.11 Å². The standard InChI is InChI=1S/C30H31N3O5/c1-18(29(37)38)31-27(35)21-12-15-24-23(16-21)32-26(34)17-25(19-8-6-5-7-9-19)33(24)28(36)20-10-13-22(14-11-20)30(2,3)4/h5-16,18,25H,17H2,1-4H3,(H,31,35)(H,32,34)(H,37,38). The summed E-state index contributed by atoms with van der Waals surface area (Å²) in [5.41, 5.74) is 3.18. The number of carbonyl (C=O) groups is 4. The highest BCUT2D eigenvalue weighted by atomic mass is 16.4. The minimum atomic E-state index is -1.17. The molecule has 2 atom stereocenters. The number of nitrogens with one attached hydrogen (secondary N) is 2. The monoisotopic (exact) mass is 513 g/mol. The molecule has 3 N–H and O–H groups in total. The molecule has 3 aromatic carbocycles. The van der Waals surface area contributed by atoms with Gasteiger partial charge in [-0.2, -0.15) is 0 Å². The number of fused-ring (bicyclic) bond motifs is 1. The van der Waals surface area contributed by atoms with E-state index in [0.717, 1.165) is 11.1 Å². The smallest absolute Gasteiger partial charge is 0.325 e. The summed E-state index contributed by atoms with van der Waals surface area (Å²) < 4.78 is 0. The summed E-state index contributed by atoms with van der Waals surface area (Å²) in [5.74, 6) is -2.36. The Morgan fingerprint density at radius 2 is 1.61 bits per heavy atom. The first-order valence-electron chi connectivity index (χ1n) is 12.4. The predicted octanol–water partition coefficient (Wildman–Crippen LogP) is 4.92. The fourth-order valence-corrected chi connectivity index (χ4v) is 4.41. The maximum absolute atomic E-state index is 14.0. The summed E-state index contributed by atoms with van der Waals surface area (Å²) in [5, 5.41) is 14.4. The van der Waals surface area contributed by atoms with Crippen molar-refractivity contribution in [1.29, 1.82) is 0 Å². The Labute approximate surface area is 221 Å². The van der Waals surface area contributed by atoms with E-state index in [0.29, 0.717) is 16.9 Å². The van der Waals surface area contributed by atoms with Gasteiger partial charge in [-0.05, 0) is 53.8 Å². The summed E-state index contributed by atoms with van der Waals surface area (Å²) in [6.45, 7) is 7.66. The topological polar surface area (TPSA) is 116 Å². The zero-order chi connectivity index (χ0) is 27.6. The molecule has 1 heterocycles. The van der Waals surface area contributed by atoms with Gasteiger partial charge in [-0.25, -0.2) is 0 Å². The van der Waals surface area contributed by atoms with Gasteiger partial charge in [0.1, 0.15) is 6.04 Å². The number of anilines is 2. The van der Waals surface area contributed by atoms with Gasteiger partial charge in [0.05, 0.1) is 23.8 Å². The largest absolute Gasteiger partial charge is 0.480 e. The van der Waals surface area contributed by atoms with Crippen molar-refractivity contribution in [2.75, 3.05) is 10.2 Å².